The van der Waals surface area contributed by atoms with E-state index in [4.69, 9.17) is 5.73 Å². The molecule has 1 aromatic heterocycles. The van der Waals surface area contributed by atoms with Gasteiger partial charge in [-0.05, 0) is 62.8 Å². The number of alkyl halides is 3. The highest BCUT2D eigenvalue weighted by molar-refractivity contribution is 5.94. The van der Waals surface area contributed by atoms with Gasteiger partial charge in [0.05, 0.1) is 0 Å². The fourth-order valence-corrected chi connectivity index (χ4v) is 3.57. The third-order valence-electron chi connectivity index (χ3n) is 5.56. The number of nitrogens with one attached hydrogen (secondary N) is 3. The normalized spacial score (nSPS) is 21.4. The van der Waals surface area contributed by atoms with Crippen LogP contribution in [0.15, 0.2) is 30.5 Å². The highest BCUT2D eigenvalue weighted by atomic mass is 19.4. The lowest BCUT2D eigenvalue weighted by Gasteiger charge is -2.28. The van der Waals surface area contributed by atoms with Gasteiger partial charge in [-0.1, -0.05) is 0 Å². The number of amides is 1. The van der Waals surface area contributed by atoms with Crippen molar-refractivity contribution in [1.29, 1.82) is 0 Å². The van der Waals surface area contributed by atoms with E-state index < -0.39 is 11.7 Å². The second kappa shape index (κ2) is 8.70. The van der Waals surface area contributed by atoms with Gasteiger partial charge in [-0.25, -0.2) is 4.98 Å². The summed E-state index contributed by atoms with van der Waals surface area (Å²) < 4.78 is 40.3. The van der Waals surface area contributed by atoms with Gasteiger partial charge in [0.25, 0.3) is 0 Å². The quantitative estimate of drug-likeness (QED) is 0.541. The Morgan fingerprint density at radius 2 is 1.65 bits per heavy atom. The van der Waals surface area contributed by atoms with Gasteiger partial charge < -0.3 is 21.7 Å². The standard InChI is InChI=1S/C21H25F3N6O/c22-21(23,24)17-11-26-20(30-18(17)27-14-5-3-13(25)4-6-14)29-16-9-7-15(8-10-16)28-19(31)12-1-2-12/h7-14H,1-6,25H2,(H,28,31)(H2,26,27,29,30)/t13-,14+. The van der Waals surface area contributed by atoms with E-state index in [0.29, 0.717) is 24.2 Å². The van der Waals surface area contributed by atoms with E-state index in [9.17, 15) is 18.0 Å². The lowest BCUT2D eigenvalue weighted by Crippen LogP contribution is -2.33. The summed E-state index contributed by atoms with van der Waals surface area (Å²) in [5.41, 5.74) is 6.25. The molecule has 0 bridgehead atoms. The first kappa shape index (κ1) is 21.4. The molecule has 0 saturated heterocycles. The third kappa shape index (κ3) is 5.63. The maximum Gasteiger partial charge on any atom is 0.421 e. The van der Waals surface area contributed by atoms with Gasteiger partial charge >= 0.3 is 6.18 Å². The van der Waals surface area contributed by atoms with Gasteiger partial charge in [0, 0.05) is 35.6 Å². The summed E-state index contributed by atoms with van der Waals surface area (Å²) in [6.07, 6.45) is 0.974. The molecule has 0 spiro atoms. The fraction of sp³-hybridized carbons (Fsp3) is 0.476. The second-order valence-electron chi connectivity index (χ2n) is 8.18. The van der Waals surface area contributed by atoms with E-state index in [-0.39, 0.29) is 35.7 Å². The number of benzene rings is 1. The van der Waals surface area contributed by atoms with Crippen molar-refractivity contribution in [3.05, 3.63) is 36.0 Å². The monoisotopic (exact) mass is 434 g/mol. The first-order chi connectivity index (χ1) is 14.8. The van der Waals surface area contributed by atoms with Gasteiger partial charge in [0.2, 0.25) is 11.9 Å². The van der Waals surface area contributed by atoms with Gasteiger partial charge in [-0.15, -0.1) is 0 Å². The van der Waals surface area contributed by atoms with Crippen molar-refractivity contribution in [2.75, 3.05) is 16.0 Å². The number of hydrogen-bond donors (Lipinski definition) is 4. The molecule has 0 aliphatic heterocycles. The molecule has 2 saturated carbocycles. The zero-order valence-electron chi connectivity index (χ0n) is 16.9. The number of carbonyl (C=O) groups is 1. The van der Waals surface area contributed by atoms with Crippen LogP contribution in [0.2, 0.25) is 0 Å². The summed E-state index contributed by atoms with van der Waals surface area (Å²) in [7, 11) is 0. The van der Waals surface area contributed by atoms with Gasteiger partial charge in [0.1, 0.15) is 11.4 Å². The number of nitrogens with two attached hydrogens (primary N) is 1. The Morgan fingerprint density at radius 1 is 1.00 bits per heavy atom. The van der Waals surface area contributed by atoms with E-state index in [2.05, 4.69) is 25.9 Å². The van der Waals surface area contributed by atoms with E-state index in [0.717, 1.165) is 31.9 Å². The summed E-state index contributed by atoms with van der Waals surface area (Å²) >= 11 is 0. The van der Waals surface area contributed by atoms with E-state index in [1.807, 2.05) is 0 Å². The summed E-state index contributed by atoms with van der Waals surface area (Å²) in [5.74, 6) is -0.0769. The van der Waals surface area contributed by atoms with Crippen LogP contribution >= 0.6 is 0 Å². The lowest BCUT2D eigenvalue weighted by atomic mass is 9.92. The van der Waals surface area contributed by atoms with Gasteiger partial charge in [0.15, 0.2) is 0 Å². The smallest absolute Gasteiger partial charge is 0.367 e. The molecule has 166 valence electrons. The van der Waals surface area contributed by atoms with Crippen LogP contribution < -0.4 is 21.7 Å². The molecule has 0 atom stereocenters. The Bertz CT molecular complexity index is 922. The predicted octanol–water partition coefficient (Wildman–Crippen LogP) is 4.27. The zero-order valence-corrected chi connectivity index (χ0v) is 16.9. The molecule has 1 heterocycles. The molecular weight excluding hydrogens is 409 g/mol. The second-order valence-corrected chi connectivity index (χ2v) is 8.18. The number of anilines is 4. The van der Waals surface area contributed by atoms with Crippen LogP contribution in [-0.4, -0.2) is 28.0 Å². The minimum Gasteiger partial charge on any atom is -0.367 e. The first-order valence-corrected chi connectivity index (χ1v) is 10.4. The predicted molar refractivity (Wildman–Crippen MR) is 112 cm³/mol. The average Bonchev–Trinajstić information content (AvgIpc) is 3.56. The minimum absolute atomic E-state index is 0.00571. The van der Waals surface area contributed by atoms with Gasteiger partial charge in [-0.3, -0.25) is 4.79 Å². The molecule has 1 aromatic carbocycles. The number of hydrogen-bond acceptors (Lipinski definition) is 6. The van der Waals surface area contributed by atoms with Crippen LogP contribution in [0.1, 0.15) is 44.1 Å². The fourth-order valence-electron chi connectivity index (χ4n) is 3.57. The number of carbonyl (C=O) groups excluding carboxylic acids is 1. The summed E-state index contributed by atoms with van der Waals surface area (Å²) in [6.45, 7) is 0. The number of halogens is 3. The third-order valence-corrected chi connectivity index (χ3v) is 5.56. The molecular formula is C21H25F3N6O. The van der Waals surface area contributed by atoms with E-state index in [1.165, 1.54) is 0 Å². The number of nitrogens with zero attached hydrogens (tertiary/aromatic N) is 2. The molecule has 4 rings (SSSR count). The first-order valence-electron chi connectivity index (χ1n) is 10.4. The summed E-state index contributed by atoms with van der Waals surface area (Å²) in [6, 6.07) is 6.84. The van der Waals surface area contributed by atoms with Crippen LogP contribution in [0.4, 0.5) is 36.3 Å². The Balaban J connectivity index is 1.47. The Hall–Kier alpha value is -2.88. The molecule has 0 radical (unpaired) electrons. The van der Waals surface area contributed by atoms with Crippen molar-refractivity contribution < 1.29 is 18.0 Å². The minimum atomic E-state index is -4.56. The van der Waals surface area contributed by atoms with E-state index in [1.54, 1.807) is 24.3 Å². The molecule has 1 amide bonds. The Kier molecular flexibility index (Phi) is 5.99. The zero-order chi connectivity index (χ0) is 22.0. The molecule has 7 nitrogen and oxygen atoms in total. The van der Waals surface area contributed by atoms with Crippen molar-refractivity contribution in [3.63, 3.8) is 0 Å². The maximum absolute atomic E-state index is 13.4. The van der Waals surface area contributed by atoms with Crippen LogP contribution in [0.25, 0.3) is 0 Å². The lowest BCUT2D eigenvalue weighted by molar-refractivity contribution is -0.137. The summed E-state index contributed by atoms with van der Waals surface area (Å²) in [4.78, 5) is 19.8. The molecule has 2 aliphatic carbocycles. The van der Waals surface area contributed by atoms with Crippen molar-refractivity contribution >= 4 is 29.0 Å². The molecule has 10 heteroatoms. The highest BCUT2D eigenvalue weighted by Gasteiger charge is 2.36. The van der Waals surface area contributed by atoms with Crippen molar-refractivity contribution in [2.45, 2.75) is 56.8 Å². The van der Waals surface area contributed by atoms with E-state index >= 15 is 0 Å². The molecule has 2 fully saturated rings. The summed E-state index contributed by atoms with van der Waals surface area (Å²) in [5, 5.41) is 8.69. The highest BCUT2D eigenvalue weighted by Crippen LogP contribution is 2.35. The maximum atomic E-state index is 13.4. The SMILES string of the molecule is N[C@H]1CC[C@@H](Nc2nc(Nc3ccc(NC(=O)C4CC4)cc3)ncc2C(F)(F)F)CC1. The topological polar surface area (TPSA) is 105 Å². The van der Waals surface area contributed by atoms with Crippen molar-refractivity contribution in [2.24, 2.45) is 11.7 Å². The molecule has 0 unspecified atom stereocenters. The van der Waals surface area contributed by atoms with Crippen LogP contribution in [0.5, 0.6) is 0 Å². The number of aromatic nitrogens is 2. The van der Waals surface area contributed by atoms with Crippen molar-refractivity contribution in [1.82, 2.24) is 9.97 Å². The molecule has 5 N–H and O–H groups in total. The van der Waals surface area contributed by atoms with Crippen molar-refractivity contribution in [3.8, 4) is 0 Å². The average molecular weight is 434 g/mol. The largest absolute Gasteiger partial charge is 0.421 e. The molecule has 2 aliphatic rings. The van der Waals surface area contributed by atoms with Crippen LogP contribution in [0, 0.1) is 5.92 Å². The van der Waals surface area contributed by atoms with Crippen LogP contribution in [-0.2, 0) is 11.0 Å². The Morgan fingerprint density at radius 3 is 2.26 bits per heavy atom. The number of rotatable bonds is 6. The Labute approximate surface area is 178 Å². The van der Waals surface area contributed by atoms with Crippen LogP contribution in [0.3, 0.4) is 0 Å². The molecule has 31 heavy (non-hydrogen) atoms. The molecule has 2 aromatic rings. The van der Waals surface area contributed by atoms with Gasteiger partial charge in [-0.2, -0.15) is 18.2 Å².